The smallest absolute Gasteiger partial charge is 0.123 e. The van der Waals surface area contributed by atoms with Crippen LogP contribution < -0.4 is 10.6 Å². The number of rotatable bonds is 3. The highest BCUT2D eigenvalue weighted by Crippen LogP contribution is 2.29. The van der Waals surface area contributed by atoms with Crippen LogP contribution in [0.1, 0.15) is 31.4 Å². The summed E-state index contributed by atoms with van der Waals surface area (Å²) in [6.45, 7) is 3.92. The monoisotopic (exact) mass is 265 g/mol. The van der Waals surface area contributed by atoms with E-state index in [2.05, 4.69) is 23.9 Å². The van der Waals surface area contributed by atoms with Gasteiger partial charge in [-0.15, -0.1) is 0 Å². The zero-order chi connectivity index (χ0) is 14.0. The summed E-state index contributed by atoms with van der Waals surface area (Å²) in [5.74, 6) is -0.211. The minimum Gasteiger partial charge on any atom is -0.370 e. The minimum absolute atomic E-state index is 0.148. The Morgan fingerprint density at radius 3 is 2.79 bits per heavy atom. The highest BCUT2D eigenvalue weighted by Gasteiger charge is 2.23. The molecular formula is C15H24FN3. The van der Waals surface area contributed by atoms with Gasteiger partial charge >= 0.3 is 0 Å². The van der Waals surface area contributed by atoms with E-state index in [1.54, 1.807) is 6.07 Å². The molecule has 1 heterocycles. The summed E-state index contributed by atoms with van der Waals surface area (Å²) in [5.41, 5.74) is 7.97. The van der Waals surface area contributed by atoms with Crippen LogP contribution in [-0.2, 0) is 0 Å². The van der Waals surface area contributed by atoms with Gasteiger partial charge in [-0.25, -0.2) is 4.39 Å². The molecule has 0 bridgehead atoms. The molecule has 2 atom stereocenters. The van der Waals surface area contributed by atoms with E-state index in [1.165, 1.54) is 18.9 Å². The summed E-state index contributed by atoms with van der Waals surface area (Å²) in [6, 6.07) is 5.37. The van der Waals surface area contributed by atoms with Gasteiger partial charge in [0.15, 0.2) is 0 Å². The summed E-state index contributed by atoms with van der Waals surface area (Å²) in [7, 11) is 4.23. The van der Waals surface area contributed by atoms with Gasteiger partial charge in [-0.05, 0) is 57.6 Å². The summed E-state index contributed by atoms with van der Waals surface area (Å²) < 4.78 is 13.4. The first kappa shape index (κ1) is 14.3. The third-order valence-electron chi connectivity index (χ3n) is 3.95. The molecule has 1 unspecified atom stereocenters. The highest BCUT2D eigenvalue weighted by molar-refractivity contribution is 5.55. The lowest BCUT2D eigenvalue weighted by molar-refractivity contribution is 0.258. The van der Waals surface area contributed by atoms with Crippen LogP contribution >= 0.6 is 0 Å². The Morgan fingerprint density at radius 1 is 1.42 bits per heavy atom. The first-order valence-electron chi connectivity index (χ1n) is 6.95. The Labute approximate surface area is 115 Å². The molecule has 1 fully saturated rings. The molecule has 106 valence electrons. The fourth-order valence-electron chi connectivity index (χ4n) is 2.77. The van der Waals surface area contributed by atoms with E-state index in [0.29, 0.717) is 6.04 Å². The fourth-order valence-corrected chi connectivity index (χ4v) is 2.77. The molecule has 0 amide bonds. The molecule has 1 aliphatic heterocycles. The Bertz CT molecular complexity index is 431. The van der Waals surface area contributed by atoms with Crippen molar-refractivity contribution in [2.45, 2.75) is 31.8 Å². The zero-order valence-corrected chi connectivity index (χ0v) is 12.1. The third kappa shape index (κ3) is 3.25. The van der Waals surface area contributed by atoms with E-state index in [-0.39, 0.29) is 11.9 Å². The number of hydrogen-bond donors (Lipinski definition) is 1. The maximum Gasteiger partial charge on any atom is 0.123 e. The van der Waals surface area contributed by atoms with E-state index >= 15 is 0 Å². The summed E-state index contributed by atoms with van der Waals surface area (Å²) >= 11 is 0. The predicted octanol–water partition coefficient (Wildman–Crippen LogP) is 2.38. The van der Waals surface area contributed by atoms with Gasteiger partial charge in [0, 0.05) is 30.9 Å². The van der Waals surface area contributed by atoms with Crippen molar-refractivity contribution in [3.05, 3.63) is 29.6 Å². The van der Waals surface area contributed by atoms with Gasteiger partial charge in [0.2, 0.25) is 0 Å². The van der Waals surface area contributed by atoms with E-state index < -0.39 is 0 Å². The van der Waals surface area contributed by atoms with Crippen LogP contribution in [0.25, 0.3) is 0 Å². The van der Waals surface area contributed by atoms with Crippen molar-refractivity contribution in [1.29, 1.82) is 0 Å². The molecule has 1 aromatic rings. The van der Waals surface area contributed by atoms with Gasteiger partial charge in [0.05, 0.1) is 0 Å². The van der Waals surface area contributed by atoms with Crippen molar-refractivity contribution in [3.8, 4) is 0 Å². The molecule has 1 aliphatic rings. The Morgan fingerprint density at radius 2 is 2.16 bits per heavy atom. The molecule has 2 rings (SSSR count). The summed E-state index contributed by atoms with van der Waals surface area (Å²) in [4.78, 5) is 4.60. The predicted molar refractivity (Wildman–Crippen MR) is 77.9 cm³/mol. The lowest BCUT2D eigenvalue weighted by Gasteiger charge is -2.38. The molecule has 3 nitrogen and oxygen atoms in total. The van der Waals surface area contributed by atoms with E-state index in [0.717, 1.165) is 24.3 Å². The Balaban J connectivity index is 2.25. The second-order valence-corrected chi connectivity index (χ2v) is 5.70. The quantitative estimate of drug-likeness (QED) is 0.910. The number of hydrogen-bond acceptors (Lipinski definition) is 3. The minimum atomic E-state index is -0.211. The van der Waals surface area contributed by atoms with Crippen molar-refractivity contribution in [2.24, 2.45) is 5.73 Å². The number of nitrogens with two attached hydrogens (primary N) is 1. The van der Waals surface area contributed by atoms with Crippen molar-refractivity contribution < 1.29 is 4.39 Å². The summed E-state index contributed by atoms with van der Waals surface area (Å²) in [5, 5.41) is 0. The number of nitrogens with zero attached hydrogens (tertiary/aromatic N) is 2. The van der Waals surface area contributed by atoms with E-state index in [1.807, 2.05) is 13.0 Å². The largest absolute Gasteiger partial charge is 0.370 e. The number of benzene rings is 1. The highest BCUT2D eigenvalue weighted by atomic mass is 19.1. The molecular weight excluding hydrogens is 241 g/mol. The zero-order valence-electron chi connectivity index (χ0n) is 12.1. The van der Waals surface area contributed by atoms with Gasteiger partial charge < -0.3 is 15.5 Å². The molecule has 0 saturated carbocycles. The van der Waals surface area contributed by atoms with Crippen LogP contribution in [0, 0.1) is 5.82 Å². The van der Waals surface area contributed by atoms with E-state index in [9.17, 15) is 4.39 Å². The van der Waals surface area contributed by atoms with Gasteiger partial charge in [-0.1, -0.05) is 0 Å². The molecule has 19 heavy (non-hydrogen) atoms. The molecule has 1 saturated heterocycles. The molecule has 0 radical (unpaired) electrons. The number of halogens is 1. The van der Waals surface area contributed by atoms with Crippen molar-refractivity contribution in [2.75, 3.05) is 32.1 Å². The maximum absolute atomic E-state index is 13.4. The Kier molecular flexibility index (Phi) is 4.42. The molecule has 2 N–H and O–H groups in total. The second-order valence-electron chi connectivity index (χ2n) is 5.70. The Hall–Kier alpha value is -1.13. The maximum atomic E-state index is 13.4. The van der Waals surface area contributed by atoms with Crippen LogP contribution in [0.2, 0.25) is 0 Å². The second kappa shape index (κ2) is 5.88. The molecule has 0 spiro atoms. The third-order valence-corrected chi connectivity index (χ3v) is 3.95. The van der Waals surface area contributed by atoms with Gasteiger partial charge in [-0.3, -0.25) is 0 Å². The van der Waals surface area contributed by atoms with Crippen molar-refractivity contribution in [1.82, 2.24) is 4.90 Å². The fraction of sp³-hybridized carbons (Fsp3) is 0.600. The lowest BCUT2D eigenvalue weighted by atomic mass is 10.0. The number of anilines is 1. The topological polar surface area (TPSA) is 32.5 Å². The van der Waals surface area contributed by atoms with Crippen LogP contribution in [0.15, 0.2) is 18.2 Å². The standard InChI is InChI=1S/C15H24FN3/c1-11(17)14-9-12(16)6-7-15(14)19-8-4-5-13(10-19)18(2)3/h6-7,9,11,13H,4-5,8,10,17H2,1-3H3/t11-,13?/m0/s1. The SMILES string of the molecule is C[C@H](N)c1cc(F)ccc1N1CCCC(N(C)C)C1. The van der Waals surface area contributed by atoms with Gasteiger partial charge in [0.25, 0.3) is 0 Å². The number of piperidine rings is 1. The lowest BCUT2D eigenvalue weighted by Crippen LogP contribution is -2.45. The van der Waals surface area contributed by atoms with Crippen LogP contribution in [-0.4, -0.2) is 38.1 Å². The molecule has 4 heteroatoms. The molecule has 0 aliphatic carbocycles. The first-order valence-corrected chi connectivity index (χ1v) is 6.95. The first-order chi connectivity index (χ1) is 8.99. The van der Waals surface area contributed by atoms with Crippen LogP contribution in [0.3, 0.4) is 0 Å². The van der Waals surface area contributed by atoms with E-state index in [4.69, 9.17) is 5.73 Å². The molecule has 0 aromatic heterocycles. The molecule has 1 aromatic carbocycles. The number of likely N-dealkylation sites (N-methyl/N-ethyl adjacent to an activating group) is 1. The van der Waals surface area contributed by atoms with Crippen LogP contribution in [0.4, 0.5) is 10.1 Å². The average Bonchev–Trinajstić information content (AvgIpc) is 2.38. The van der Waals surface area contributed by atoms with Gasteiger partial charge in [0.1, 0.15) is 5.82 Å². The summed E-state index contributed by atoms with van der Waals surface area (Å²) in [6.07, 6.45) is 2.39. The van der Waals surface area contributed by atoms with Gasteiger partial charge in [-0.2, -0.15) is 0 Å². The normalized spacial score (nSPS) is 21.8. The van der Waals surface area contributed by atoms with Crippen molar-refractivity contribution in [3.63, 3.8) is 0 Å². The van der Waals surface area contributed by atoms with Crippen LogP contribution in [0.5, 0.6) is 0 Å². The van der Waals surface area contributed by atoms with Crippen molar-refractivity contribution >= 4 is 5.69 Å². The average molecular weight is 265 g/mol.